The van der Waals surface area contributed by atoms with Crippen molar-refractivity contribution >= 4 is 5.69 Å². The third-order valence-electron chi connectivity index (χ3n) is 4.00. The molecule has 0 atom stereocenters. The fourth-order valence-corrected chi connectivity index (χ4v) is 2.94. The quantitative estimate of drug-likeness (QED) is 0.824. The summed E-state index contributed by atoms with van der Waals surface area (Å²) in [5, 5.41) is 0. The van der Waals surface area contributed by atoms with E-state index in [1.165, 1.54) is 38.0 Å². The highest BCUT2D eigenvalue weighted by Gasteiger charge is 2.19. The van der Waals surface area contributed by atoms with E-state index in [0.29, 0.717) is 0 Å². The summed E-state index contributed by atoms with van der Waals surface area (Å²) in [6.45, 7) is 4.91. The van der Waals surface area contributed by atoms with E-state index in [4.69, 9.17) is 5.73 Å². The van der Waals surface area contributed by atoms with Gasteiger partial charge in [-0.3, -0.25) is 0 Å². The Labute approximate surface area is 117 Å². The fraction of sp³-hybridized carbons (Fsp3) is 0.625. The first-order chi connectivity index (χ1) is 9.13. The van der Waals surface area contributed by atoms with Crippen molar-refractivity contribution < 1.29 is 0 Å². The monoisotopic (exact) mass is 261 g/mol. The lowest BCUT2D eigenvalue weighted by Gasteiger charge is -2.33. The number of benzene rings is 1. The van der Waals surface area contributed by atoms with Crippen LogP contribution in [0, 0.1) is 5.92 Å². The van der Waals surface area contributed by atoms with Gasteiger partial charge in [0.2, 0.25) is 0 Å². The van der Waals surface area contributed by atoms with E-state index in [0.717, 1.165) is 24.6 Å². The largest absolute Gasteiger partial charge is 0.399 e. The van der Waals surface area contributed by atoms with Gasteiger partial charge in [0.15, 0.2) is 0 Å². The molecule has 0 bridgehead atoms. The van der Waals surface area contributed by atoms with E-state index in [-0.39, 0.29) is 0 Å². The van der Waals surface area contributed by atoms with Crippen LogP contribution in [0.3, 0.4) is 0 Å². The van der Waals surface area contributed by atoms with Crippen LogP contribution in [-0.2, 0) is 6.42 Å². The Morgan fingerprint density at radius 1 is 1.26 bits per heavy atom. The first-order valence-electron chi connectivity index (χ1n) is 7.35. The van der Waals surface area contributed by atoms with Gasteiger partial charge in [-0.25, -0.2) is 0 Å². The zero-order valence-corrected chi connectivity index (χ0v) is 12.3. The minimum absolute atomic E-state index is 0.877. The minimum atomic E-state index is 0.877. The Bertz CT molecular complexity index is 381. The summed E-state index contributed by atoms with van der Waals surface area (Å²) in [4.78, 5) is 4.91. The molecule has 1 fully saturated rings. The second kappa shape index (κ2) is 6.92. The molecule has 1 aromatic rings. The molecule has 1 aliphatic rings. The smallest absolute Gasteiger partial charge is 0.0316 e. The molecule has 0 saturated carbocycles. The highest BCUT2D eigenvalue weighted by molar-refractivity contribution is 5.40. The Morgan fingerprint density at radius 3 is 2.63 bits per heavy atom. The summed E-state index contributed by atoms with van der Waals surface area (Å²) in [7, 11) is 4.35. The predicted molar refractivity (Wildman–Crippen MR) is 82.3 cm³/mol. The van der Waals surface area contributed by atoms with Crippen LogP contribution in [0.1, 0.15) is 18.4 Å². The molecule has 0 radical (unpaired) electrons. The zero-order valence-electron chi connectivity index (χ0n) is 12.3. The topological polar surface area (TPSA) is 32.5 Å². The number of hydrogen-bond donors (Lipinski definition) is 1. The van der Waals surface area contributed by atoms with Gasteiger partial charge in [0.25, 0.3) is 0 Å². The average molecular weight is 261 g/mol. The van der Waals surface area contributed by atoms with Gasteiger partial charge in [-0.1, -0.05) is 12.1 Å². The van der Waals surface area contributed by atoms with E-state index in [9.17, 15) is 0 Å². The molecule has 0 unspecified atom stereocenters. The third-order valence-corrected chi connectivity index (χ3v) is 4.00. The van der Waals surface area contributed by atoms with Crippen molar-refractivity contribution in [3.63, 3.8) is 0 Å². The Morgan fingerprint density at radius 2 is 2.00 bits per heavy atom. The Kier molecular flexibility index (Phi) is 5.23. The maximum Gasteiger partial charge on any atom is 0.0316 e. The summed E-state index contributed by atoms with van der Waals surface area (Å²) in [6, 6.07) is 8.28. The average Bonchev–Trinajstić information content (AvgIpc) is 2.37. The molecule has 0 aromatic heterocycles. The van der Waals surface area contributed by atoms with Gasteiger partial charge in [-0.15, -0.1) is 0 Å². The lowest BCUT2D eigenvalue weighted by Crippen LogP contribution is -2.38. The van der Waals surface area contributed by atoms with Crippen molar-refractivity contribution in [2.75, 3.05) is 46.0 Å². The molecule has 3 nitrogen and oxygen atoms in total. The fourth-order valence-electron chi connectivity index (χ4n) is 2.94. The maximum atomic E-state index is 5.81. The van der Waals surface area contributed by atoms with Crippen LogP contribution in [0.2, 0.25) is 0 Å². The van der Waals surface area contributed by atoms with Gasteiger partial charge in [-0.2, -0.15) is 0 Å². The molecule has 1 aromatic carbocycles. The highest BCUT2D eigenvalue weighted by atomic mass is 15.1. The molecular formula is C16H27N3. The Balaban J connectivity index is 1.71. The molecule has 0 aliphatic carbocycles. The van der Waals surface area contributed by atoms with E-state index in [2.05, 4.69) is 36.0 Å². The first-order valence-corrected chi connectivity index (χ1v) is 7.35. The predicted octanol–water partition coefficient (Wildman–Crippen LogP) is 2.08. The van der Waals surface area contributed by atoms with E-state index < -0.39 is 0 Å². The van der Waals surface area contributed by atoms with Crippen LogP contribution in [0.15, 0.2) is 24.3 Å². The molecular weight excluding hydrogens is 234 g/mol. The third kappa shape index (κ3) is 4.84. The number of nitrogen functional groups attached to an aromatic ring is 1. The standard InChI is InChI=1S/C16H27N3/c1-18(2)13-15-7-10-19(11-8-15)9-6-14-4-3-5-16(17)12-14/h3-5,12,15H,6-11,13,17H2,1-2H3. The number of piperidine rings is 1. The molecule has 2 N–H and O–H groups in total. The summed E-state index contributed by atoms with van der Waals surface area (Å²) in [5.41, 5.74) is 8.05. The molecule has 19 heavy (non-hydrogen) atoms. The summed E-state index contributed by atoms with van der Waals surface area (Å²) in [5.74, 6) is 0.888. The van der Waals surface area contributed by atoms with Crippen LogP contribution >= 0.6 is 0 Å². The summed E-state index contributed by atoms with van der Waals surface area (Å²) in [6.07, 6.45) is 3.80. The van der Waals surface area contributed by atoms with Crippen LogP contribution in [-0.4, -0.2) is 50.1 Å². The van der Waals surface area contributed by atoms with E-state index in [1.54, 1.807) is 0 Å². The molecule has 1 heterocycles. The normalized spacial score (nSPS) is 18.1. The number of hydrogen-bond acceptors (Lipinski definition) is 3. The van der Waals surface area contributed by atoms with Gasteiger partial charge < -0.3 is 15.5 Å². The summed E-state index contributed by atoms with van der Waals surface area (Å²) >= 11 is 0. The number of nitrogens with zero attached hydrogens (tertiary/aromatic N) is 2. The molecule has 106 valence electrons. The van der Waals surface area contributed by atoms with E-state index >= 15 is 0 Å². The SMILES string of the molecule is CN(C)CC1CCN(CCc2cccc(N)c2)CC1. The Hall–Kier alpha value is -1.06. The molecule has 3 heteroatoms. The second-order valence-corrected chi connectivity index (χ2v) is 6.04. The van der Waals surface area contributed by atoms with Crippen molar-refractivity contribution in [1.82, 2.24) is 9.80 Å². The lowest BCUT2D eigenvalue weighted by atomic mass is 9.96. The first kappa shape index (κ1) is 14.4. The minimum Gasteiger partial charge on any atom is -0.399 e. The van der Waals surface area contributed by atoms with Crippen molar-refractivity contribution in [2.45, 2.75) is 19.3 Å². The van der Waals surface area contributed by atoms with Crippen molar-refractivity contribution in [2.24, 2.45) is 5.92 Å². The number of rotatable bonds is 5. The maximum absolute atomic E-state index is 5.81. The number of likely N-dealkylation sites (tertiary alicyclic amines) is 1. The van der Waals surface area contributed by atoms with Crippen LogP contribution in [0.4, 0.5) is 5.69 Å². The molecule has 1 aliphatic heterocycles. The molecule has 0 amide bonds. The molecule has 0 spiro atoms. The van der Waals surface area contributed by atoms with Gasteiger partial charge in [0, 0.05) is 18.8 Å². The van der Waals surface area contributed by atoms with Crippen molar-refractivity contribution in [3.8, 4) is 0 Å². The highest BCUT2D eigenvalue weighted by Crippen LogP contribution is 2.18. The second-order valence-electron chi connectivity index (χ2n) is 6.04. The van der Waals surface area contributed by atoms with Gasteiger partial charge in [-0.05, 0) is 70.1 Å². The summed E-state index contributed by atoms with van der Waals surface area (Å²) < 4.78 is 0. The van der Waals surface area contributed by atoms with Crippen molar-refractivity contribution in [1.29, 1.82) is 0 Å². The number of anilines is 1. The van der Waals surface area contributed by atoms with Crippen LogP contribution < -0.4 is 5.73 Å². The molecule has 1 saturated heterocycles. The van der Waals surface area contributed by atoms with Crippen LogP contribution in [0.5, 0.6) is 0 Å². The van der Waals surface area contributed by atoms with E-state index in [1.807, 2.05) is 12.1 Å². The van der Waals surface area contributed by atoms with Crippen LogP contribution in [0.25, 0.3) is 0 Å². The van der Waals surface area contributed by atoms with Gasteiger partial charge in [0.1, 0.15) is 0 Å². The van der Waals surface area contributed by atoms with Crippen molar-refractivity contribution in [3.05, 3.63) is 29.8 Å². The number of nitrogens with two attached hydrogens (primary N) is 1. The zero-order chi connectivity index (χ0) is 13.7. The molecule has 2 rings (SSSR count). The van der Waals surface area contributed by atoms with Gasteiger partial charge in [0.05, 0.1) is 0 Å². The lowest BCUT2D eigenvalue weighted by molar-refractivity contribution is 0.164. The van der Waals surface area contributed by atoms with Gasteiger partial charge >= 0.3 is 0 Å².